The first-order valence-electron chi connectivity index (χ1n) is 11.6. The number of sulfone groups is 1. The van der Waals surface area contributed by atoms with Gasteiger partial charge in [0, 0.05) is 18.3 Å². The molecule has 35 heavy (non-hydrogen) atoms. The van der Waals surface area contributed by atoms with Crippen molar-refractivity contribution in [3.63, 3.8) is 0 Å². The third-order valence-electron chi connectivity index (χ3n) is 6.82. The second-order valence-corrected chi connectivity index (χ2v) is 11.6. The molecule has 3 atom stereocenters. The van der Waals surface area contributed by atoms with Crippen molar-refractivity contribution in [3.05, 3.63) is 47.3 Å². The zero-order chi connectivity index (χ0) is 25.2. The summed E-state index contributed by atoms with van der Waals surface area (Å²) in [5.41, 5.74) is 0.381. The SMILES string of the molecule is O=S(=O)(Cc1ccncn1)c1cc(Cl)c(N[C@H]2CC[C@H](C(F)(F)F)C[C@@H]2N2CCCCC2)cc1F. The maximum Gasteiger partial charge on any atom is 0.391 e. The highest BCUT2D eigenvalue weighted by Crippen LogP contribution is 2.41. The number of aromatic nitrogens is 2. The summed E-state index contributed by atoms with van der Waals surface area (Å²) in [6.07, 6.45) is 1.41. The molecule has 1 aromatic carbocycles. The average Bonchev–Trinajstić information content (AvgIpc) is 2.81. The Morgan fingerprint density at radius 3 is 2.54 bits per heavy atom. The highest BCUT2D eigenvalue weighted by Gasteiger charge is 2.46. The number of nitrogens with zero attached hydrogens (tertiary/aromatic N) is 3. The van der Waals surface area contributed by atoms with Gasteiger partial charge in [-0.25, -0.2) is 22.8 Å². The minimum Gasteiger partial charge on any atom is -0.379 e. The molecule has 2 aromatic rings. The molecular formula is C23H27ClF4N4O2S. The van der Waals surface area contributed by atoms with Crippen LogP contribution in [0.3, 0.4) is 0 Å². The molecule has 2 fully saturated rings. The third kappa shape index (κ3) is 6.24. The molecule has 1 aliphatic carbocycles. The fraction of sp³-hybridized carbons (Fsp3) is 0.565. The molecule has 1 saturated carbocycles. The molecule has 2 aliphatic rings. The van der Waals surface area contributed by atoms with Crippen LogP contribution in [-0.4, -0.2) is 54.6 Å². The van der Waals surface area contributed by atoms with Crippen LogP contribution in [0.25, 0.3) is 0 Å². The van der Waals surface area contributed by atoms with Crippen LogP contribution in [0.1, 0.15) is 44.2 Å². The molecule has 0 radical (unpaired) electrons. The van der Waals surface area contributed by atoms with Crippen LogP contribution in [0.4, 0.5) is 23.2 Å². The Morgan fingerprint density at radius 2 is 1.89 bits per heavy atom. The molecule has 0 unspecified atom stereocenters. The Balaban J connectivity index is 1.56. The monoisotopic (exact) mass is 534 g/mol. The van der Waals surface area contributed by atoms with E-state index in [0.29, 0.717) is 0 Å². The van der Waals surface area contributed by atoms with Gasteiger partial charge in [-0.05, 0) is 63.4 Å². The first-order valence-corrected chi connectivity index (χ1v) is 13.6. The molecule has 4 rings (SSSR count). The summed E-state index contributed by atoms with van der Waals surface area (Å²) in [4.78, 5) is 9.13. The van der Waals surface area contributed by atoms with Crippen LogP contribution in [-0.2, 0) is 15.6 Å². The van der Waals surface area contributed by atoms with Crippen LogP contribution in [0.5, 0.6) is 0 Å². The number of anilines is 1. The van der Waals surface area contributed by atoms with Crippen molar-refractivity contribution < 1.29 is 26.0 Å². The second kappa shape index (κ2) is 10.6. The predicted octanol–water partition coefficient (Wildman–Crippen LogP) is 5.24. The molecule has 1 saturated heterocycles. The molecule has 0 amide bonds. The Morgan fingerprint density at radius 1 is 1.14 bits per heavy atom. The smallest absolute Gasteiger partial charge is 0.379 e. The summed E-state index contributed by atoms with van der Waals surface area (Å²) < 4.78 is 81.0. The molecule has 192 valence electrons. The van der Waals surface area contributed by atoms with E-state index < -0.39 is 38.4 Å². The van der Waals surface area contributed by atoms with Gasteiger partial charge in [0.05, 0.1) is 28.1 Å². The van der Waals surface area contributed by atoms with Gasteiger partial charge in [0.15, 0.2) is 9.84 Å². The molecule has 1 aliphatic heterocycles. The number of piperidine rings is 1. The third-order valence-corrected chi connectivity index (χ3v) is 8.79. The highest BCUT2D eigenvalue weighted by atomic mass is 35.5. The number of hydrogen-bond donors (Lipinski definition) is 1. The van der Waals surface area contributed by atoms with Crippen molar-refractivity contribution in [2.45, 2.75) is 67.4 Å². The van der Waals surface area contributed by atoms with Gasteiger partial charge in [0.2, 0.25) is 0 Å². The number of benzene rings is 1. The van der Waals surface area contributed by atoms with E-state index in [4.69, 9.17) is 11.6 Å². The molecule has 12 heteroatoms. The van der Waals surface area contributed by atoms with E-state index in [0.717, 1.165) is 44.5 Å². The van der Waals surface area contributed by atoms with Gasteiger partial charge in [-0.15, -0.1) is 0 Å². The quantitative estimate of drug-likeness (QED) is 0.511. The van der Waals surface area contributed by atoms with Crippen LogP contribution in [0.15, 0.2) is 35.6 Å². The summed E-state index contributed by atoms with van der Waals surface area (Å²) in [6, 6.07) is 2.74. The Bertz CT molecular complexity index is 1130. The summed E-state index contributed by atoms with van der Waals surface area (Å²) in [6.45, 7) is 1.44. The molecule has 1 N–H and O–H groups in total. The molecule has 0 spiro atoms. The van der Waals surface area contributed by atoms with Crippen LogP contribution in [0, 0.1) is 11.7 Å². The van der Waals surface area contributed by atoms with E-state index in [1.807, 2.05) is 0 Å². The lowest BCUT2D eigenvalue weighted by atomic mass is 9.80. The number of likely N-dealkylation sites (tertiary alicyclic amines) is 1. The topological polar surface area (TPSA) is 75.2 Å². The van der Waals surface area contributed by atoms with Gasteiger partial charge in [-0.1, -0.05) is 18.0 Å². The zero-order valence-electron chi connectivity index (χ0n) is 18.9. The maximum atomic E-state index is 15.0. The first kappa shape index (κ1) is 26.1. The number of rotatable bonds is 6. The average molecular weight is 535 g/mol. The Labute approximate surface area is 207 Å². The largest absolute Gasteiger partial charge is 0.391 e. The lowest BCUT2D eigenvalue weighted by Crippen LogP contribution is -2.53. The predicted molar refractivity (Wildman–Crippen MR) is 124 cm³/mol. The van der Waals surface area contributed by atoms with Crippen molar-refractivity contribution in [1.29, 1.82) is 0 Å². The van der Waals surface area contributed by atoms with Crippen LogP contribution < -0.4 is 5.32 Å². The van der Waals surface area contributed by atoms with Gasteiger partial charge in [0.25, 0.3) is 0 Å². The number of nitrogens with one attached hydrogen (secondary N) is 1. The molecule has 0 bridgehead atoms. The van der Waals surface area contributed by atoms with Gasteiger partial charge in [-0.2, -0.15) is 13.2 Å². The summed E-state index contributed by atoms with van der Waals surface area (Å²) >= 11 is 6.35. The second-order valence-electron chi connectivity index (χ2n) is 9.19. The van der Waals surface area contributed by atoms with Gasteiger partial charge >= 0.3 is 6.18 Å². The van der Waals surface area contributed by atoms with Crippen molar-refractivity contribution in [3.8, 4) is 0 Å². The minimum absolute atomic E-state index is 0.0111. The van der Waals surface area contributed by atoms with Crippen molar-refractivity contribution in [1.82, 2.24) is 14.9 Å². The standard InChI is InChI=1S/C23H27ClF4N4O2S/c24-17-11-22(35(33,34)13-16-6-7-29-14-30-16)18(25)12-20(17)31-19-5-4-15(23(26,27)28)10-21(19)32-8-2-1-3-9-32/h6-7,11-12,14-15,19,21,31H,1-5,8-10,13H2/t15-,19-,21-/m0/s1. The molecule has 6 nitrogen and oxygen atoms in total. The van der Waals surface area contributed by atoms with Crippen LogP contribution >= 0.6 is 11.6 Å². The van der Waals surface area contributed by atoms with Crippen molar-refractivity contribution in [2.75, 3.05) is 18.4 Å². The highest BCUT2D eigenvalue weighted by molar-refractivity contribution is 7.90. The van der Waals surface area contributed by atoms with Crippen molar-refractivity contribution in [2.24, 2.45) is 5.92 Å². The summed E-state index contributed by atoms with van der Waals surface area (Å²) in [7, 11) is -4.08. The van der Waals surface area contributed by atoms with Gasteiger partial charge in [-0.3, -0.25) is 4.90 Å². The first-order chi connectivity index (χ1) is 16.5. The lowest BCUT2D eigenvalue weighted by Gasteiger charge is -2.45. The molecule has 2 heterocycles. The minimum atomic E-state index is -4.26. The van der Waals surface area contributed by atoms with Gasteiger partial charge < -0.3 is 5.32 Å². The Hall–Kier alpha value is -1.98. The lowest BCUT2D eigenvalue weighted by molar-refractivity contribution is -0.187. The normalized spacial score (nSPS) is 24.3. The van der Waals surface area contributed by atoms with Crippen LogP contribution in [0.2, 0.25) is 5.02 Å². The maximum absolute atomic E-state index is 15.0. The number of hydrogen-bond acceptors (Lipinski definition) is 6. The van der Waals surface area contributed by atoms with E-state index in [9.17, 15) is 26.0 Å². The zero-order valence-corrected chi connectivity index (χ0v) is 20.5. The van der Waals surface area contributed by atoms with Crippen molar-refractivity contribution >= 4 is 27.1 Å². The fourth-order valence-electron chi connectivity index (χ4n) is 5.02. The van der Waals surface area contributed by atoms with E-state index >= 15 is 0 Å². The van der Waals surface area contributed by atoms with E-state index in [-0.39, 0.29) is 47.8 Å². The molecular weight excluding hydrogens is 508 g/mol. The van der Waals surface area contributed by atoms with E-state index in [1.165, 1.54) is 18.6 Å². The summed E-state index contributed by atoms with van der Waals surface area (Å²) in [5.74, 6) is -2.88. The van der Waals surface area contributed by atoms with Gasteiger partial charge in [0.1, 0.15) is 17.0 Å². The molecule has 1 aromatic heterocycles. The number of halogens is 5. The summed E-state index contributed by atoms with van der Waals surface area (Å²) in [5, 5.41) is 3.13. The Kier molecular flexibility index (Phi) is 7.87. The fourth-order valence-corrected chi connectivity index (χ4v) is 6.67. The number of alkyl halides is 3. The van der Waals surface area contributed by atoms with E-state index in [1.54, 1.807) is 0 Å². The van der Waals surface area contributed by atoms with E-state index in [2.05, 4.69) is 20.2 Å².